The van der Waals surface area contributed by atoms with E-state index in [1.165, 1.54) is 17.5 Å². The van der Waals surface area contributed by atoms with E-state index in [4.69, 9.17) is 0 Å². The summed E-state index contributed by atoms with van der Waals surface area (Å²) in [7, 11) is 0. The molecule has 0 saturated carbocycles. The molecule has 0 aliphatic carbocycles. The van der Waals surface area contributed by atoms with E-state index in [2.05, 4.69) is 30.2 Å². The maximum atomic E-state index is 14.0. The van der Waals surface area contributed by atoms with E-state index in [0.29, 0.717) is 18.3 Å². The minimum Gasteiger partial charge on any atom is -0.354 e. The lowest BCUT2D eigenvalue weighted by molar-refractivity contribution is 0.608. The molecule has 4 rings (SSSR count). The van der Waals surface area contributed by atoms with Gasteiger partial charge in [0.25, 0.3) is 0 Å². The van der Waals surface area contributed by atoms with Crippen molar-refractivity contribution in [3.63, 3.8) is 0 Å². The zero-order chi connectivity index (χ0) is 17.1. The maximum absolute atomic E-state index is 14.0. The predicted molar refractivity (Wildman–Crippen MR) is 93.9 cm³/mol. The topological polar surface area (TPSA) is 79.7 Å². The van der Waals surface area contributed by atoms with Crippen LogP contribution in [0.5, 0.6) is 0 Å². The van der Waals surface area contributed by atoms with Crippen LogP contribution in [0.15, 0.2) is 30.2 Å². The standard InChI is InChI=1S/C16H16FN7S/c17-12-8-21-16(23-14(12)24-5-1-2-6-24)20-7-11-10-25-15(22-11)13-9-18-3-4-19-13/h3-4,8-10H,1-2,5-7H2,(H,20,21,23). The molecule has 0 unspecified atom stereocenters. The zero-order valence-electron chi connectivity index (χ0n) is 13.4. The number of thiazole rings is 1. The fourth-order valence-electron chi connectivity index (χ4n) is 2.68. The molecule has 128 valence electrons. The SMILES string of the molecule is Fc1cnc(NCc2csc(-c3cnccn3)n2)nc1N1CCCC1. The van der Waals surface area contributed by atoms with Gasteiger partial charge in [0, 0.05) is 30.9 Å². The lowest BCUT2D eigenvalue weighted by atomic mass is 10.4. The summed E-state index contributed by atoms with van der Waals surface area (Å²) in [4.78, 5) is 23.1. The smallest absolute Gasteiger partial charge is 0.225 e. The van der Waals surface area contributed by atoms with E-state index in [-0.39, 0.29) is 5.82 Å². The predicted octanol–water partition coefficient (Wildman–Crippen LogP) is 2.74. The van der Waals surface area contributed by atoms with Gasteiger partial charge in [-0.05, 0) is 12.8 Å². The number of hydrogen-bond donors (Lipinski definition) is 1. The van der Waals surface area contributed by atoms with Crippen molar-refractivity contribution in [1.29, 1.82) is 0 Å². The number of nitrogens with one attached hydrogen (secondary N) is 1. The Hall–Kier alpha value is -2.68. The van der Waals surface area contributed by atoms with Crippen LogP contribution in [0, 0.1) is 5.82 Å². The van der Waals surface area contributed by atoms with Gasteiger partial charge in [0.05, 0.1) is 24.6 Å². The Morgan fingerprint density at radius 3 is 2.80 bits per heavy atom. The van der Waals surface area contributed by atoms with Crippen LogP contribution in [0.4, 0.5) is 16.2 Å². The number of hydrogen-bond acceptors (Lipinski definition) is 8. The van der Waals surface area contributed by atoms with Crippen molar-refractivity contribution in [2.45, 2.75) is 19.4 Å². The third-order valence-electron chi connectivity index (χ3n) is 3.89. The lowest BCUT2D eigenvalue weighted by Gasteiger charge is -2.17. The summed E-state index contributed by atoms with van der Waals surface area (Å²) < 4.78 is 14.0. The molecule has 1 fully saturated rings. The van der Waals surface area contributed by atoms with Crippen LogP contribution in [-0.2, 0) is 6.54 Å². The Morgan fingerprint density at radius 1 is 1.12 bits per heavy atom. The zero-order valence-corrected chi connectivity index (χ0v) is 14.2. The van der Waals surface area contributed by atoms with Crippen molar-refractivity contribution >= 4 is 23.1 Å². The van der Waals surface area contributed by atoms with E-state index in [1.807, 2.05) is 10.3 Å². The van der Waals surface area contributed by atoms with Gasteiger partial charge in [0.1, 0.15) is 10.7 Å². The van der Waals surface area contributed by atoms with Gasteiger partial charge in [-0.25, -0.2) is 14.4 Å². The van der Waals surface area contributed by atoms with Crippen molar-refractivity contribution in [1.82, 2.24) is 24.9 Å². The second-order valence-corrected chi connectivity index (χ2v) is 6.51. The first-order valence-corrected chi connectivity index (χ1v) is 8.90. The summed E-state index contributed by atoms with van der Waals surface area (Å²) in [5.74, 6) is 0.386. The molecule has 3 aromatic rings. The van der Waals surface area contributed by atoms with Crippen molar-refractivity contribution in [3.8, 4) is 10.7 Å². The first-order valence-electron chi connectivity index (χ1n) is 8.02. The molecule has 1 aliphatic rings. The molecule has 0 atom stereocenters. The molecule has 0 spiro atoms. The van der Waals surface area contributed by atoms with Crippen LogP contribution in [0.25, 0.3) is 10.7 Å². The summed E-state index contributed by atoms with van der Waals surface area (Å²) in [6.07, 6.45) is 8.30. The van der Waals surface area contributed by atoms with Crippen LogP contribution in [0.3, 0.4) is 0 Å². The van der Waals surface area contributed by atoms with Gasteiger partial charge < -0.3 is 10.2 Å². The molecule has 0 aromatic carbocycles. The summed E-state index contributed by atoms with van der Waals surface area (Å²) in [5.41, 5.74) is 1.59. The van der Waals surface area contributed by atoms with Gasteiger partial charge >= 0.3 is 0 Å². The molecule has 7 nitrogen and oxygen atoms in total. The van der Waals surface area contributed by atoms with E-state index in [0.717, 1.165) is 42.3 Å². The third kappa shape index (κ3) is 3.55. The van der Waals surface area contributed by atoms with E-state index >= 15 is 0 Å². The minimum absolute atomic E-state index is 0.369. The Labute approximate surface area is 148 Å². The molecule has 1 saturated heterocycles. The number of nitrogens with zero attached hydrogens (tertiary/aromatic N) is 6. The van der Waals surface area contributed by atoms with Crippen LogP contribution in [0.2, 0.25) is 0 Å². The fraction of sp³-hybridized carbons (Fsp3) is 0.312. The highest BCUT2D eigenvalue weighted by Crippen LogP contribution is 2.23. The van der Waals surface area contributed by atoms with Crippen molar-refractivity contribution in [2.75, 3.05) is 23.3 Å². The van der Waals surface area contributed by atoms with Crippen LogP contribution in [-0.4, -0.2) is 38.0 Å². The van der Waals surface area contributed by atoms with Crippen LogP contribution >= 0.6 is 11.3 Å². The van der Waals surface area contributed by atoms with E-state index in [1.54, 1.807) is 18.6 Å². The monoisotopic (exact) mass is 357 g/mol. The third-order valence-corrected chi connectivity index (χ3v) is 4.81. The average molecular weight is 357 g/mol. The van der Waals surface area contributed by atoms with Gasteiger partial charge in [-0.3, -0.25) is 9.97 Å². The minimum atomic E-state index is -0.383. The van der Waals surface area contributed by atoms with Crippen LogP contribution in [0.1, 0.15) is 18.5 Å². The quantitative estimate of drug-likeness (QED) is 0.752. The highest BCUT2D eigenvalue weighted by molar-refractivity contribution is 7.13. The fourth-order valence-corrected chi connectivity index (χ4v) is 3.46. The lowest BCUT2D eigenvalue weighted by Crippen LogP contribution is -2.21. The number of aromatic nitrogens is 5. The number of anilines is 2. The Balaban J connectivity index is 1.45. The number of rotatable bonds is 5. The summed E-state index contributed by atoms with van der Waals surface area (Å²) >= 11 is 1.50. The molecule has 3 aromatic heterocycles. The van der Waals surface area contributed by atoms with Crippen molar-refractivity contribution in [2.24, 2.45) is 0 Å². The van der Waals surface area contributed by atoms with Gasteiger partial charge in [-0.1, -0.05) is 0 Å². The average Bonchev–Trinajstić information content (AvgIpc) is 3.34. The first-order chi connectivity index (χ1) is 12.3. The second-order valence-electron chi connectivity index (χ2n) is 5.65. The van der Waals surface area contributed by atoms with Crippen molar-refractivity contribution in [3.05, 3.63) is 41.7 Å². The summed E-state index contributed by atoms with van der Waals surface area (Å²) in [6, 6.07) is 0. The van der Waals surface area contributed by atoms with Gasteiger partial charge in [0.15, 0.2) is 11.6 Å². The largest absolute Gasteiger partial charge is 0.354 e. The summed E-state index contributed by atoms with van der Waals surface area (Å²) in [5, 5.41) is 5.86. The molecule has 1 aliphatic heterocycles. The van der Waals surface area contributed by atoms with E-state index < -0.39 is 0 Å². The molecule has 4 heterocycles. The highest BCUT2D eigenvalue weighted by Gasteiger charge is 2.18. The molecule has 9 heteroatoms. The molecular formula is C16H16FN7S. The normalized spacial score (nSPS) is 14.0. The summed E-state index contributed by atoms with van der Waals surface area (Å²) in [6.45, 7) is 2.13. The molecule has 1 N–H and O–H groups in total. The van der Waals surface area contributed by atoms with Crippen LogP contribution < -0.4 is 10.2 Å². The van der Waals surface area contributed by atoms with Gasteiger partial charge in [-0.15, -0.1) is 11.3 Å². The Morgan fingerprint density at radius 2 is 2.00 bits per heavy atom. The Kier molecular flexibility index (Phi) is 4.47. The Bertz CT molecular complexity index is 849. The number of halogens is 1. The second kappa shape index (κ2) is 7.06. The molecule has 0 radical (unpaired) electrons. The van der Waals surface area contributed by atoms with Gasteiger partial charge in [-0.2, -0.15) is 4.98 Å². The molecule has 0 amide bonds. The molecular weight excluding hydrogens is 341 g/mol. The molecule has 0 bridgehead atoms. The highest BCUT2D eigenvalue weighted by atomic mass is 32.1. The maximum Gasteiger partial charge on any atom is 0.225 e. The molecule has 25 heavy (non-hydrogen) atoms. The van der Waals surface area contributed by atoms with Gasteiger partial charge in [0.2, 0.25) is 5.95 Å². The van der Waals surface area contributed by atoms with E-state index in [9.17, 15) is 4.39 Å². The first kappa shape index (κ1) is 15.8. The van der Waals surface area contributed by atoms with Crippen molar-refractivity contribution < 1.29 is 4.39 Å².